The summed E-state index contributed by atoms with van der Waals surface area (Å²) in [7, 11) is -3.48. The minimum Gasteiger partial charge on any atom is -0.422 e. The lowest BCUT2D eigenvalue weighted by Gasteiger charge is -2.31. The first-order chi connectivity index (χ1) is 10.1. The van der Waals surface area contributed by atoms with E-state index in [1.165, 1.54) is 26.0 Å². The number of hydrogen-bond donors (Lipinski definition) is 0. The van der Waals surface area contributed by atoms with E-state index in [1.807, 2.05) is 0 Å². The van der Waals surface area contributed by atoms with E-state index in [9.17, 15) is 18.0 Å². The van der Waals surface area contributed by atoms with E-state index in [1.54, 1.807) is 12.1 Å². The van der Waals surface area contributed by atoms with Crippen LogP contribution in [0.25, 0.3) is 0 Å². The quantitative estimate of drug-likeness (QED) is 0.471. The van der Waals surface area contributed by atoms with Crippen LogP contribution in [0.5, 0.6) is 0 Å². The monoisotopic (exact) mass is 325 g/mol. The molecule has 0 unspecified atom stereocenters. The summed E-state index contributed by atoms with van der Waals surface area (Å²) >= 11 is 0. The maximum absolute atomic E-state index is 11.8. The SMILES string of the molecule is CC1(C)OC(=O)C(/C=N/c2ccccc2S(C)(=O)=O)C(=O)O1. The van der Waals surface area contributed by atoms with Crippen molar-refractivity contribution in [3.05, 3.63) is 24.3 Å². The van der Waals surface area contributed by atoms with Crippen LogP contribution in [0, 0.1) is 5.92 Å². The molecule has 0 radical (unpaired) electrons. The highest BCUT2D eigenvalue weighted by molar-refractivity contribution is 7.90. The predicted molar refractivity (Wildman–Crippen MR) is 77.5 cm³/mol. The first-order valence-electron chi connectivity index (χ1n) is 6.39. The molecule has 22 heavy (non-hydrogen) atoms. The third-order valence-corrected chi connectivity index (χ3v) is 3.97. The first-order valence-corrected chi connectivity index (χ1v) is 8.28. The van der Waals surface area contributed by atoms with Crippen molar-refractivity contribution in [2.24, 2.45) is 10.9 Å². The van der Waals surface area contributed by atoms with Gasteiger partial charge in [0.1, 0.15) is 0 Å². The van der Waals surface area contributed by atoms with Gasteiger partial charge in [0.25, 0.3) is 5.79 Å². The van der Waals surface area contributed by atoms with Gasteiger partial charge in [-0.1, -0.05) is 12.1 Å². The molecule has 0 N–H and O–H groups in total. The van der Waals surface area contributed by atoms with Crippen LogP contribution in [0.3, 0.4) is 0 Å². The molecule has 7 nitrogen and oxygen atoms in total. The molecule has 0 bridgehead atoms. The molecule has 1 heterocycles. The number of carbonyl (C=O) groups is 2. The summed E-state index contributed by atoms with van der Waals surface area (Å²) in [6, 6.07) is 6.02. The molecular weight excluding hydrogens is 310 g/mol. The van der Waals surface area contributed by atoms with Gasteiger partial charge in [-0.2, -0.15) is 0 Å². The van der Waals surface area contributed by atoms with Gasteiger partial charge in [-0.3, -0.25) is 14.6 Å². The molecular formula is C14H15NO6S. The van der Waals surface area contributed by atoms with Crippen molar-refractivity contribution >= 4 is 33.7 Å². The molecule has 118 valence electrons. The molecule has 2 rings (SSSR count). The zero-order chi connectivity index (χ0) is 16.5. The second-order valence-electron chi connectivity index (χ2n) is 5.24. The van der Waals surface area contributed by atoms with Crippen LogP contribution in [-0.2, 0) is 28.9 Å². The number of para-hydroxylation sites is 1. The van der Waals surface area contributed by atoms with E-state index in [4.69, 9.17) is 9.47 Å². The van der Waals surface area contributed by atoms with E-state index in [2.05, 4.69) is 4.99 Å². The standard InChI is InChI=1S/C14H15NO6S/c1-14(2)20-12(16)9(13(17)21-14)8-15-10-6-4-5-7-11(10)22(3,18)19/h4-9H,1-3H3/b15-8+. The second-order valence-corrected chi connectivity index (χ2v) is 7.22. The number of aliphatic imine (C=N–C) groups is 1. The number of hydrogen-bond acceptors (Lipinski definition) is 7. The highest BCUT2D eigenvalue weighted by Crippen LogP contribution is 2.26. The number of sulfone groups is 1. The Morgan fingerprint density at radius 3 is 2.23 bits per heavy atom. The van der Waals surface area contributed by atoms with Crippen molar-refractivity contribution in [3.63, 3.8) is 0 Å². The summed E-state index contributed by atoms with van der Waals surface area (Å²) in [5.41, 5.74) is 0.135. The molecule has 0 aliphatic carbocycles. The van der Waals surface area contributed by atoms with Crippen molar-refractivity contribution in [2.75, 3.05) is 6.26 Å². The minimum atomic E-state index is -3.48. The molecule has 1 aliphatic rings. The molecule has 1 fully saturated rings. The minimum absolute atomic E-state index is 0.00382. The lowest BCUT2D eigenvalue weighted by molar-refractivity contribution is -0.235. The van der Waals surface area contributed by atoms with Crippen molar-refractivity contribution in [2.45, 2.75) is 24.5 Å². The molecule has 0 amide bonds. The number of cyclic esters (lactones) is 2. The van der Waals surface area contributed by atoms with Crippen LogP contribution in [0.2, 0.25) is 0 Å². The Kier molecular flexibility index (Phi) is 4.06. The van der Waals surface area contributed by atoms with Gasteiger partial charge in [0.05, 0.1) is 10.6 Å². The van der Waals surface area contributed by atoms with Crippen LogP contribution in [0.1, 0.15) is 13.8 Å². The van der Waals surface area contributed by atoms with E-state index in [0.29, 0.717) is 0 Å². The van der Waals surface area contributed by atoms with Crippen molar-refractivity contribution in [1.82, 2.24) is 0 Å². The summed E-state index contributed by atoms with van der Waals surface area (Å²) < 4.78 is 33.2. The Morgan fingerprint density at radius 1 is 1.14 bits per heavy atom. The molecule has 0 atom stereocenters. The summed E-state index contributed by atoms with van der Waals surface area (Å²) in [4.78, 5) is 27.5. The van der Waals surface area contributed by atoms with Crippen LogP contribution in [0.15, 0.2) is 34.2 Å². The predicted octanol–water partition coefficient (Wildman–Crippen LogP) is 1.24. The zero-order valence-corrected chi connectivity index (χ0v) is 13.1. The Morgan fingerprint density at radius 2 is 1.68 bits per heavy atom. The van der Waals surface area contributed by atoms with Gasteiger partial charge >= 0.3 is 11.9 Å². The number of ether oxygens (including phenoxy) is 2. The van der Waals surface area contributed by atoms with Gasteiger partial charge < -0.3 is 9.47 Å². The second kappa shape index (κ2) is 5.53. The van der Waals surface area contributed by atoms with Crippen LogP contribution in [-0.4, -0.2) is 38.6 Å². The van der Waals surface area contributed by atoms with Crippen LogP contribution >= 0.6 is 0 Å². The largest absolute Gasteiger partial charge is 0.422 e. The summed E-state index contributed by atoms with van der Waals surface area (Å²) in [5.74, 6) is -4.22. The Bertz CT molecular complexity index is 730. The number of carbonyl (C=O) groups excluding carboxylic acids is 2. The topological polar surface area (TPSA) is 99.1 Å². The number of benzene rings is 1. The van der Waals surface area contributed by atoms with E-state index in [0.717, 1.165) is 12.5 Å². The Labute approximate surface area is 127 Å². The molecule has 8 heteroatoms. The van der Waals surface area contributed by atoms with Gasteiger partial charge in [-0.05, 0) is 12.1 Å². The lowest BCUT2D eigenvalue weighted by atomic mass is 10.1. The van der Waals surface area contributed by atoms with Gasteiger partial charge in [0.15, 0.2) is 15.8 Å². The maximum atomic E-state index is 11.8. The molecule has 1 aromatic carbocycles. The summed E-state index contributed by atoms with van der Waals surface area (Å²) in [6.45, 7) is 2.88. The molecule has 1 saturated heterocycles. The lowest BCUT2D eigenvalue weighted by Crippen LogP contribution is -2.46. The van der Waals surface area contributed by atoms with E-state index in [-0.39, 0.29) is 10.6 Å². The van der Waals surface area contributed by atoms with Crippen molar-refractivity contribution in [1.29, 1.82) is 0 Å². The normalized spacial score (nSPS) is 19.0. The third-order valence-electron chi connectivity index (χ3n) is 2.83. The highest BCUT2D eigenvalue weighted by Gasteiger charge is 2.42. The average molecular weight is 325 g/mol. The van der Waals surface area contributed by atoms with Gasteiger partial charge in [0, 0.05) is 26.3 Å². The molecule has 0 aromatic heterocycles. The fourth-order valence-electron chi connectivity index (χ4n) is 1.88. The highest BCUT2D eigenvalue weighted by atomic mass is 32.2. The summed E-state index contributed by atoms with van der Waals surface area (Å²) in [6.07, 6.45) is 2.08. The Balaban J connectivity index is 2.31. The third kappa shape index (κ3) is 3.51. The van der Waals surface area contributed by atoms with Gasteiger partial charge in [-0.25, -0.2) is 8.42 Å². The average Bonchev–Trinajstić information content (AvgIpc) is 2.35. The number of rotatable bonds is 3. The van der Waals surface area contributed by atoms with Gasteiger partial charge in [-0.15, -0.1) is 0 Å². The van der Waals surface area contributed by atoms with E-state index >= 15 is 0 Å². The molecule has 1 aromatic rings. The van der Waals surface area contributed by atoms with Crippen molar-refractivity contribution in [3.8, 4) is 0 Å². The van der Waals surface area contributed by atoms with Gasteiger partial charge in [0.2, 0.25) is 0 Å². The smallest absolute Gasteiger partial charge is 0.329 e. The van der Waals surface area contributed by atoms with Crippen LogP contribution in [0.4, 0.5) is 5.69 Å². The first kappa shape index (κ1) is 16.2. The maximum Gasteiger partial charge on any atom is 0.329 e. The number of esters is 2. The zero-order valence-electron chi connectivity index (χ0n) is 12.3. The number of nitrogens with zero attached hydrogens (tertiary/aromatic N) is 1. The van der Waals surface area contributed by atoms with Crippen molar-refractivity contribution < 1.29 is 27.5 Å². The van der Waals surface area contributed by atoms with E-state index < -0.39 is 33.5 Å². The molecule has 1 aliphatic heterocycles. The molecule has 0 saturated carbocycles. The fraction of sp³-hybridized carbons (Fsp3) is 0.357. The summed E-state index contributed by atoms with van der Waals surface area (Å²) in [5, 5.41) is 0. The van der Waals surface area contributed by atoms with Crippen LogP contribution < -0.4 is 0 Å². The Hall–Kier alpha value is -2.22. The fourth-order valence-corrected chi connectivity index (χ4v) is 2.71. The molecule has 0 spiro atoms.